The molecule has 0 fully saturated rings. The molecule has 0 aliphatic carbocycles. The molecule has 0 spiro atoms. The second-order valence-corrected chi connectivity index (χ2v) is 9.36. The number of anilines is 1. The lowest BCUT2D eigenvalue weighted by molar-refractivity contribution is 0.0941. The van der Waals surface area contributed by atoms with Crippen LogP contribution in [-0.2, 0) is 19.5 Å². The maximum atomic E-state index is 13.5. The minimum absolute atomic E-state index is 0.191. The van der Waals surface area contributed by atoms with E-state index in [4.69, 9.17) is 16.6 Å². The lowest BCUT2D eigenvalue weighted by atomic mass is 10.1. The number of carbonyl (C=O) groups is 2. The number of aryl methyl sites for hydroxylation is 1. The third kappa shape index (κ3) is 4.89. The smallest absolute Gasteiger partial charge is 0.272 e. The first-order chi connectivity index (χ1) is 15.6. The summed E-state index contributed by atoms with van der Waals surface area (Å²) in [6.07, 6.45) is 4.56. The highest BCUT2D eigenvalue weighted by Gasteiger charge is 2.31. The molecule has 32 heavy (non-hydrogen) atoms. The maximum Gasteiger partial charge on any atom is 0.272 e. The van der Waals surface area contributed by atoms with Crippen molar-refractivity contribution in [3.8, 4) is 0 Å². The summed E-state index contributed by atoms with van der Waals surface area (Å²) in [5, 5.41) is 5.52. The van der Waals surface area contributed by atoms with Gasteiger partial charge in [-0.15, -0.1) is 11.3 Å². The third-order valence-corrected chi connectivity index (χ3v) is 6.70. The van der Waals surface area contributed by atoms with Gasteiger partial charge in [0, 0.05) is 35.0 Å². The molecule has 6 nitrogen and oxygen atoms in total. The predicted octanol–water partition coefficient (Wildman–Crippen LogP) is 5.31. The number of hydrogen-bond donors (Lipinski definition) is 1. The molecule has 0 unspecified atom stereocenters. The average Bonchev–Trinajstić information content (AvgIpc) is 3.45. The second-order valence-electron chi connectivity index (χ2n) is 7.89. The zero-order valence-electron chi connectivity index (χ0n) is 18.1. The molecule has 3 heterocycles. The van der Waals surface area contributed by atoms with Crippen molar-refractivity contribution in [3.05, 3.63) is 68.8 Å². The second kappa shape index (κ2) is 10.3. The Morgan fingerprint density at radius 2 is 2.12 bits per heavy atom. The monoisotopic (exact) mass is 470 g/mol. The Labute approximate surface area is 197 Å². The van der Waals surface area contributed by atoms with Gasteiger partial charge in [-0.05, 0) is 48.9 Å². The third-order valence-electron chi connectivity index (χ3n) is 5.59. The van der Waals surface area contributed by atoms with Gasteiger partial charge in [0.2, 0.25) is 0 Å². The van der Waals surface area contributed by atoms with Crippen molar-refractivity contribution < 1.29 is 9.59 Å². The van der Waals surface area contributed by atoms with Gasteiger partial charge in [0.1, 0.15) is 5.82 Å². The van der Waals surface area contributed by atoms with Crippen LogP contribution in [0.5, 0.6) is 0 Å². The van der Waals surface area contributed by atoms with Crippen LogP contribution >= 0.6 is 22.9 Å². The van der Waals surface area contributed by atoms with E-state index in [1.54, 1.807) is 40.5 Å². The van der Waals surface area contributed by atoms with E-state index in [-0.39, 0.29) is 11.8 Å². The minimum Gasteiger partial charge on any atom is -0.346 e. The number of thiophene rings is 1. The van der Waals surface area contributed by atoms with Gasteiger partial charge in [0.25, 0.3) is 11.8 Å². The summed E-state index contributed by atoms with van der Waals surface area (Å²) in [6, 6.07) is 10.9. The summed E-state index contributed by atoms with van der Waals surface area (Å²) in [5.41, 5.74) is 0.965. The molecule has 0 atom stereocenters. The van der Waals surface area contributed by atoms with Gasteiger partial charge in [0.05, 0.1) is 6.54 Å². The van der Waals surface area contributed by atoms with Gasteiger partial charge >= 0.3 is 0 Å². The number of aromatic nitrogens is 2. The summed E-state index contributed by atoms with van der Waals surface area (Å²) in [4.78, 5) is 34.4. The molecule has 4 rings (SSSR count). The van der Waals surface area contributed by atoms with Crippen molar-refractivity contribution in [3.63, 3.8) is 0 Å². The SMILES string of the molecule is CCCCN(C(=O)c1cccc(Cl)c1)c1nc2n(c1C(=O)NCc1cccs1)CCCC2. The van der Waals surface area contributed by atoms with Gasteiger partial charge < -0.3 is 9.88 Å². The van der Waals surface area contributed by atoms with Crippen molar-refractivity contribution in [1.29, 1.82) is 0 Å². The number of nitrogens with one attached hydrogen (secondary N) is 1. The quantitative estimate of drug-likeness (QED) is 0.485. The summed E-state index contributed by atoms with van der Waals surface area (Å²) < 4.78 is 1.99. The Balaban J connectivity index is 1.71. The van der Waals surface area contributed by atoms with Crippen molar-refractivity contribution in [1.82, 2.24) is 14.9 Å². The maximum absolute atomic E-state index is 13.5. The van der Waals surface area contributed by atoms with E-state index < -0.39 is 0 Å². The zero-order chi connectivity index (χ0) is 22.5. The molecule has 1 aromatic carbocycles. The summed E-state index contributed by atoms with van der Waals surface area (Å²) >= 11 is 7.75. The minimum atomic E-state index is -0.200. The molecule has 2 aromatic heterocycles. The molecular weight excluding hydrogens is 444 g/mol. The van der Waals surface area contributed by atoms with E-state index in [1.165, 1.54) is 0 Å². The number of imidazole rings is 1. The molecule has 168 valence electrons. The van der Waals surface area contributed by atoms with E-state index in [1.807, 2.05) is 22.1 Å². The molecule has 0 radical (unpaired) electrons. The topological polar surface area (TPSA) is 67.2 Å². The van der Waals surface area contributed by atoms with Crippen LogP contribution in [0, 0.1) is 0 Å². The van der Waals surface area contributed by atoms with Gasteiger partial charge in [-0.1, -0.05) is 37.1 Å². The number of nitrogens with zero attached hydrogens (tertiary/aromatic N) is 3. The predicted molar refractivity (Wildman–Crippen MR) is 129 cm³/mol. The first kappa shape index (κ1) is 22.6. The fourth-order valence-corrected chi connectivity index (χ4v) is 4.78. The lowest BCUT2D eigenvalue weighted by Gasteiger charge is -2.22. The van der Waals surface area contributed by atoms with Gasteiger partial charge in [-0.25, -0.2) is 4.98 Å². The van der Waals surface area contributed by atoms with Crippen LogP contribution in [0.3, 0.4) is 0 Å². The molecule has 1 aliphatic heterocycles. The molecule has 0 saturated heterocycles. The highest BCUT2D eigenvalue weighted by molar-refractivity contribution is 7.09. The zero-order valence-corrected chi connectivity index (χ0v) is 19.7. The van der Waals surface area contributed by atoms with E-state index in [0.717, 1.165) is 49.4 Å². The van der Waals surface area contributed by atoms with Crippen LogP contribution in [0.4, 0.5) is 5.82 Å². The lowest BCUT2D eigenvalue weighted by Crippen LogP contribution is -2.35. The van der Waals surface area contributed by atoms with Crippen LogP contribution < -0.4 is 10.2 Å². The first-order valence-corrected chi connectivity index (χ1v) is 12.3. The average molecular weight is 471 g/mol. The van der Waals surface area contributed by atoms with Crippen molar-refractivity contribution >= 4 is 40.6 Å². The van der Waals surface area contributed by atoms with E-state index in [2.05, 4.69) is 12.2 Å². The Morgan fingerprint density at radius 1 is 1.25 bits per heavy atom. The number of hydrogen-bond acceptors (Lipinski definition) is 4. The normalized spacial score (nSPS) is 12.9. The van der Waals surface area contributed by atoms with Crippen molar-refractivity contribution in [2.75, 3.05) is 11.4 Å². The van der Waals surface area contributed by atoms with Crippen LogP contribution in [0.15, 0.2) is 41.8 Å². The molecule has 3 aromatic rings. The Hall–Kier alpha value is -2.64. The molecule has 2 amide bonds. The van der Waals surface area contributed by atoms with E-state index >= 15 is 0 Å². The Bertz CT molecular complexity index is 1090. The van der Waals surface area contributed by atoms with Gasteiger partial charge in [-0.2, -0.15) is 0 Å². The fourth-order valence-electron chi connectivity index (χ4n) is 3.94. The number of benzene rings is 1. The van der Waals surface area contributed by atoms with Gasteiger partial charge in [0.15, 0.2) is 11.5 Å². The van der Waals surface area contributed by atoms with Crippen LogP contribution in [0.25, 0.3) is 0 Å². The van der Waals surface area contributed by atoms with Crippen LogP contribution in [0.1, 0.15) is 64.2 Å². The molecular formula is C24H27ClN4O2S. The number of rotatable bonds is 8. The van der Waals surface area contributed by atoms with Crippen LogP contribution in [0.2, 0.25) is 5.02 Å². The number of fused-ring (bicyclic) bond motifs is 1. The molecule has 1 N–H and O–H groups in total. The standard InChI is InChI=1S/C24H27ClN4O2S/c1-2-3-12-29(24(31)17-8-6-9-18(25)15-17)22-21(28-13-5-4-11-20(28)27-22)23(30)26-16-19-10-7-14-32-19/h6-10,14-15H,2-5,11-13,16H2,1H3,(H,26,30). The molecule has 0 bridgehead atoms. The number of carbonyl (C=O) groups excluding carboxylic acids is 2. The van der Waals surface area contributed by atoms with Crippen molar-refractivity contribution in [2.24, 2.45) is 0 Å². The van der Waals surface area contributed by atoms with Crippen LogP contribution in [-0.4, -0.2) is 27.9 Å². The molecule has 8 heteroatoms. The highest BCUT2D eigenvalue weighted by atomic mass is 35.5. The Kier molecular flexibility index (Phi) is 7.27. The number of halogens is 1. The Morgan fingerprint density at radius 3 is 2.88 bits per heavy atom. The van der Waals surface area contributed by atoms with Gasteiger partial charge in [-0.3, -0.25) is 14.5 Å². The number of amides is 2. The fraction of sp³-hybridized carbons (Fsp3) is 0.375. The number of unbranched alkanes of at least 4 members (excludes halogenated alkanes) is 1. The van der Waals surface area contributed by atoms with Crippen molar-refractivity contribution in [2.45, 2.75) is 52.1 Å². The summed E-state index contributed by atoms with van der Waals surface area (Å²) in [5.74, 6) is 0.926. The van der Waals surface area contributed by atoms with E-state index in [0.29, 0.717) is 35.2 Å². The van der Waals surface area contributed by atoms with E-state index in [9.17, 15) is 9.59 Å². The summed E-state index contributed by atoms with van der Waals surface area (Å²) in [7, 11) is 0. The molecule has 0 saturated carbocycles. The highest BCUT2D eigenvalue weighted by Crippen LogP contribution is 2.28. The largest absolute Gasteiger partial charge is 0.346 e. The first-order valence-electron chi connectivity index (χ1n) is 11.1. The molecule has 1 aliphatic rings. The summed E-state index contributed by atoms with van der Waals surface area (Å²) in [6.45, 7) is 3.75.